The average Bonchev–Trinajstić information content (AvgIpc) is 2.26. The highest BCUT2D eigenvalue weighted by Gasteiger charge is 2.27. The molecule has 1 N–H and O–H groups in total. The van der Waals surface area contributed by atoms with E-state index in [0.29, 0.717) is 6.42 Å². The van der Waals surface area contributed by atoms with Gasteiger partial charge in [0.15, 0.2) is 0 Å². The Hall–Kier alpha value is -1.57. The molecule has 0 fully saturated rings. The topological polar surface area (TPSA) is 79.2 Å². The third-order valence-corrected chi connectivity index (χ3v) is 2.30. The van der Waals surface area contributed by atoms with E-state index in [1.807, 2.05) is 6.07 Å². The van der Waals surface area contributed by atoms with Crippen molar-refractivity contribution in [2.75, 3.05) is 7.11 Å². The SMILES string of the molecule is CCC(C#N)C(=O)NC(C(=O)OC)C(C)C. The standard InChI is InChI=1S/C11H18N2O3/c1-5-8(6-12)10(14)13-9(7(2)3)11(15)16-4/h7-9H,5H2,1-4H3,(H,13,14). The highest BCUT2D eigenvalue weighted by molar-refractivity contribution is 5.87. The van der Waals surface area contributed by atoms with Gasteiger partial charge in [-0.2, -0.15) is 5.26 Å². The number of nitrogens with zero attached hydrogens (tertiary/aromatic N) is 1. The molecule has 0 aliphatic carbocycles. The van der Waals surface area contributed by atoms with Crippen LogP contribution >= 0.6 is 0 Å². The number of amides is 1. The number of carbonyl (C=O) groups excluding carboxylic acids is 2. The largest absolute Gasteiger partial charge is 0.467 e. The van der Waals surface area contributed by atoms with Gasteiger partial charge in [-0.05, 0) is 12.3 Å². The van der Waals surface area contributed by atoms with Gasteiger partial charge in [0, 0.05) is 0 Å². The molecule has 5 nitrogen and oxygen atoms in total. The molecule has 16 heavy (non-hydrogen) atoms. The molecule has 0 aromatic heterocycles. The van der Waals surface area contributed by atoms with Crippen LogP contribution in [0.1, 0.15) is 27.2 Å². The smallest absolute Gasteiger partial charge is 0.328 e. The lowest BCUT2D eigenvalue weighted by molar-refractivity contribution is -0.146. The quantitative estimate of drug-likeness (QED) is 0.705. The summed E-state index contributed by atoms with van der Waals surface area (Å²) in [6.07, 6.45) is 0.425. The van der Waals surface area contributed by atoms with E-state index in [9.17, 15) is 9.59 Å². The van der Waals surface area contributed by atoms with Crippen LogP contribution in [0.5, 0.6) is 0 Å². The molecule has 90 valence electrons. The highest BCUT2D eigenvalue weighted by Crippen LogP contribution is 2.07. The molecule has 5 heteroatoms. The summed E-state index contributed by atoms with van der Waals surface area (Å²) >= 11 is 0. The number of methoxy groups -OCH3 is 1. The summed E-state index contributed by atoms with van der Waals surface area (Å²) in [7, 11) is 1.27. The predicted molar refractivity (Wildman–Crippen MR) is 58.2 cm³/mol. The molecule has 0 aliphatic heterocycles. The summed E-state index contributed by atoms with van der Waals surface area (Å²) in [6, 6.07) is 1.19. The molecule has 0 spiro atoms. The van der Waals surface area contributed by atoms with E-state index in [4.69, 9.17) is 5.26 Å². The predicted octanol–water partition coefficient (Wildman–Crippen LogP) is 0.850. The van der Waals surface area contributed by atoms with Gasteiger partial charge in [-0.25, -0.2) is 4.79 Å². The van der Waals surface area contributed by atoms with Gasteiger partial charge < -0.3 is 10.1 Å². The van der Waals surface area contributed by atoms with Crippen molar-refractivity contribution in [1.29, 1.82) is 5.26 Å². The lowest BCUT2D eigenvalue weighted by atomic mass is 10.0. The number of carbonyl (C=O) groups is 2. The minimum atomic E-state index is -0.717. The molecule has 0 bridgehead atoms. The van der Waals surface area contributed by atoms with Crippen molar-refractivity contribution < 1.29 is 14.3 Å². The molecular weight excluding hydrogens is 208 g/mol. The number of esters is 1. The Morgan fingerprint density at radius 1 is 1.44 bits per heavy atom. The summed E-state index contributed by atoms with van der Waals surface area (Å²) in [5, 5.41) is 11.2. The average molecular weight is 226 g/mol. The van der Waals surface area contributed by atoms with E-state index in [1.165, 1.54) is 7.11 Å². The van der Waals surface area contributed by atoms with Gasteiger partial charge in [0.05, 0.1) is 13.2 Å². The molecule has 0 aromatic rings. The number of hydrogen-bond acceptors (Lipinski definition) is 4. The van der Waals surface area contributed by atoms with Crippen LogP contribution < -0.4 is 5.32 Å². The van der Waals surface area contributed by atoms with Gasteiger partial charge in [0.1, 0.15) is 12.0 Å². The van der Waals surface area contributed by atoms with Crippen molar-refractivity contribution >= 4 is 11.9 Å². The van der Waals surface area contributed by atoms with Crippen LogP contribution in [0.15, 0.2) is 0 Å². The molecule has 1 amide bonds. The Morgan fingerprint density at radius 3 is 2.31 bits per heavy atom. The molecule has 0 saturated carbocycles. The Bertz CT molecular complexity index is 294. The van der Waals surface area contributed by atoms with Gasteiger partial charge >= 0.3 is 5.97 Å². The third-order valence-electron chi connectivity index (χ3n) is 2.30. The van der Waals surface area contributed by atoms with Gasteiger partial charge in [-0.1, -0.05) is 20.8 Å². The molecular formula is C11H18N2O3. The first-order valence-corrected chi connectivity index (χ1v) is 5.25. The number of nitriles is 1. The number of nitrogens with one attached hydrogen (secondary N) is 1. The zero-order valence-corrected chi connectivity index (χ0v) is 10.1. The third kappa shape index (κ3) is 3.89. The van der Waals surface area contributed by atoms with Gasteiger partial charge in [-0.15, -0.1) is 0 Å². The molecule has 0 aromatic carbocycles. The second kappa shape index (κ2) is 6.83. The number of hydrogen-bond donors (Lipinski definition) is 1. The van der Waals surface area contributed by atoms with E-state index in [2.05, 4.69) is 10.1 Å². The lowest BCUT2D eigenvalue weighted by Gasteiger charge is -2.20. The van der Waals surface area contributed by atoms with Crippen LogP contribution in [0.3, 0.4) is 0 Å². The van der Waals surface area contributed by atoms with Crippen molar-refractivity contribution in [2.24, 2.45) is 11.8 Å². The lowest BCUT2D eigenvalue weighted by Crippen LogP contribution is -2.47. The Kier molecular flexibility index (Phi) is 6.16. The second-order valence-electron chi connectivity index (χ2n) is 3.84. The Morgan fingerprint density at radius 2 is 2.00 bits per heavy atom. The first-order chi connectivity index (χ1) is 7.47. The monoisotopic (exact) mass is 226 g/mol. The maximum absolute atomic E-state index is 11.6. The van der Waals surface area contributed by atoms with Crippen molar-refractivity contribution in [3.8, 4) is 6.07 Å². The molecule has 0 rings (SSSR count). The molecule has 0 saturated heterocycles. The summed E-state index contributed by atoms with van der Waals surface area (Å²) in [5.74, 6) is -1.70. The fraction of sp³-hybridized carbons (Fsp3) is 0.727. The molecule has 0 radical (unpaired) electrons. The summed E-state index contributed by atoms with van der Waals surface area (Å²) < 4.78 is 4.58. The first-order valence-electron chi connectivity index (χ1n) is 5.25. The Labute approximate surface area is 95.8 Å². The first kappa shape index (κ1) is 14.4. The van der Waals surface area contributed by atoms with E-state index >= 15 is 0 Å². The van der Waals surface area contributed by atoms with Gasteiger partial charge in [0.25, 0.3) is 0 Å². The van der Waals surface area contributed by atoms with E-state index < -0.39 is 23.8 Å². The van der Waals surface area contributed by atoms with E-state index in [1.54, 1.807) is 20.8 Å². The second-order valence-corrected chi connectivity index (χ2v) is 3.84. The fourth-order valence-corrected chi connectivity index (χ4v) is 1.21. The van der Waals surface area contributed by atoms with Crippen molar-refractivity contribution in [2.45, 2.75) is 33.2 Å². The summed E-state index contributed by atoms with van der Waals surface area (Å²) in [4.78, 5) is 23.0. The van der Waals surface area contributed by atoms with Gasteiger partial charge in [0.2, 0.25) is 5.91 Å². The van der Waals surface area contributed by atoms with Crippen LogP contribution in [-0.2, 0) is 14.3 Å². The fourth-order valence-electron chi connectivity index (χ4n) is 1.21. The summed E-state index contributed by atoms with van der Waals surface area (Å²) in [6.45, 7) is 5.35. The van der Waals surface area contributed by atoms with Gasteiger partial charge in [-0.3, -0.25) is 4.79 Å². The minimum Gasteiger partial charge on any atom is -0.467 e. The van der Waals surface area contributed by atoms with Crippen molar-refractivity contribution in [1.82, 2.24) is 5.32 Å². The van der Waals surface area contributed by atoms with E-state index in [-0.39, 0.29) is 5.92 Å². The maximum atomic E-state index is 11.6. The minimum absolute atomic E-state index is 0.0763. The molecule has 0 aliphatic rings. The number of ether oxygens (including phenoxy) is 1. The van der Waals surface area contributed by atoms with Crippen LogP contribution in [0.2, 0.25) is 0 Å². The van der Waals surface area contributed by atoms with Crippen molar-refractivity contribution in [3.63, 3.8) is 0 Å². The van der Waals surface area contributed by atoms with Crippen LogP contribution in [0.4, 0.5) is 0 Å². The number of rotatable bonds is 5. The zero-order valence-electron chi connectivity index (χ0n) is 10.1. The maximum Gasteiger partial charge on any atom is 0.328 e. The van der Waals surface area contributed by atoms with Crippen LogP contribution in [-0.4, -0.2) is 25.0 Å². The zero-order chi connectivity index (χ0) is 12.7. The normalized spacial score (nSPS) is 13.8. The summed E-state index contributed by atoms with van der Waals surface area (Å²) in [5.41, 5.74) is 0. The van der Waals surface area contributed by atoms with Crippen molar-refractivity contribution in [3.05, 3.63) is 0 Å². The molecule has 2 unspecified atom stereocenters. The molecule has 0 heterocycles. The highest BCUT2D eigenvalue weighted by atomic mass is 16.5. The Balaban J connectivity index is 4.59. The van der Waals surface area contributed by atoms with Crippen LogP contribution in [0.25, 0.3) is 0 Å². The molecule has 2 atom stereocenters. The van der Waals surface area contributed by atoms with E-state index in [0.717, 1.165) is 0 Å². The van der Waals surface area contributed by atoms with Crippen LogP contribution in [0, 0.1) is 23.2 Å².